The molecule has 3 rings (SSSR count). The van der Waals surface area contributed by atoms with Gasteiger partial charge in [0, 0.05) is 0 Å². The fourth-order valence-electron chi connectivity index (χ4n) is 2.13. The smallest absolute Gasteiger partial charge is 0.277 e. The van der Waals surface area contributed by atoms with E-state index in [1.807, 2.05) is 13.8 Å². The molecule has 1 atom stereocenters. The Hall–Kier alpha value is -2.33. The summed E-state index contributed by atoms with van der Waals surface area (Å²) in [5.41, 5.74) is 0.306. The number of hydrogen-bond acceptors (Lipinski definition) is 7. The number of anilines is 1. The Kier molecular flexibility index (Phi) is 5.33. The molecule has 0 radical (unpaired) electrons. The van der Waals surface area contributed by atoms with Crippen LogP contribution in [0.3, 0.4) is 0 Å². The van der Waals surface area contributed by atoms with Gasteiger partial charge in [-0.2, -0.15) is 0 Å². The van der Waals surface area contributed by atoms with Crippen LogP contribution in [0.25, 0.3) is 10.8 Å². The second kappa shape index (κ2) is 7.50. The number of halogens is 2. The molecule has 2 aromatic heterocycles. The lowest BCUT2D eigenvalue weighted by atomic mass is 10.3. The summed E-state index contributed by atoms with van der Waals surface area (Å²) in [4.78, 5) is 17.3. The van der Waals surface area contributed by atoms with E-state index in [1.54, 1.807) is 6.92 Å². The third kappa shape index (κ3) is 3.91. The van der Waals surface area contributed by atoms with Crippen molar-refractivity contribution in [2.45, 2.75) is 31.2 Å². The van der Waals surface area contributed by atoms with Crippen LogP contribution in [0.4, 0.5) is 14.5 Å². The average molecular weight is 396 g/mol. The number of thioether (sulfide) groups is 1. The Balaban J connectivity index is 1.69. The largest absolute Gasteiger partial charge is 0.410 e. The van der Waals surface area contributed by atoms with Crippen LogP contribution < -0.4 is 5.32 Å². The van der Waals surface area contributed by atoms with Crippen molar-refractivity contribution in [2.24, 2.45) is 0 Å². The summed E-state index contributed by atoms with van der Waals surface area (Å²) in [5.74, 6) is -1.94. The van der Waals surface area contributed by atoms with E-state index >= 15 is 0 Å². The SMILES string of the molecule is Cc1nc(C)c(-c2nnc(SC(C)C(=O)Nc3c(F)cccc3F)o2)s1. The maximum absolute atomic E-state index is 13.6. The van der Waals surface area contributed by atoms with Crippen LogP contribution in [0, 0.1) is 25.5 Å². The molecule has 1 unspecified atom stereocenters. The highest BCUT2D eigenvalue weighted by Crippen LogP contribution is 2.32. The molecule has 0 aliphatic rings. The van der Waals surface area contributed by atoms with E-state index in [4.69, 9.17) is 4.42 Å². The Morgan fingerprint density at radius 2 is 1.96 bits per heavy atom. The molecule has 2 heterocycles. The third-order valence-electron chi connectivity index (χ3n) is 3.36. The van der Waals surface area contributed by atoms with Gasteiger partial charge in [-0.05, 0) is 32.9 Å². The minimum atomic E-state index is -0.841. The number of nitrogens with one attached hydrogen (secondary N) is 1. The van der Waals surface area contributed by atoms with Crippen molar-refractivity contribution in [3.8, 4) is 10.8 Å². The van der Waals surface area contributed by atoms with Crippen molar-refractivity contribution >= 4 is 34.7 Å². The van der Waals surface area contributed by atoms with Gasteiger partial charge >= 0.3 is 0 Å². The van der Waals surface area contributed by atoms with Gasteiger partial charge in [-0.25, -0.2) is 13.8 Å². The average Bonchev–Trinajstić information content (AvgIpc) is 3.16. The number of hydrogen-bond donors (Lipinski definition) is 1. The third-order valence-corrected chi connectivity index (χ3v) is 5.36. The van der Waals surface area contributed by atoms with Gasteiger partial charge in [0.1, 0.15) is 22.2 Å². The highest BCUT2D eigenvalue weighted by molar-refractivity contribution is 8.00. The minimum absolute atomic E-state index is 0.183. The number of aryl methyl sites for hydroxylation is 2. The van der Waals surface area contributed by atoms with Crippen molar-refractivity contribution < 1.29 is 18.0 Å². The van der Waals surface area contributed by atoms with Crippen molar-refractivity contribution in [3.05, 3.63) is 40.5 Å². The molecule has 0 bridgehead atoms. The summed E-state index contributed by atoms with van der Waals surface area (Å²) in [6.07, 6.45) is 0. The Bertz CT molecular complexity index is 937. The summed E-state index contributed by atoms with van der Waals surface area (Å²) in [6, 6.07) is 3.36. The van der Waals surface area contributed by atoms with Gasteiger partial charge in [-0.15, -0.1) is 21.5 Å². The number of benzene rings is 1. The Morgan fingerprint density at radius 3 is 2.58 bits per heavy atom. The summed E-state index contributed by atoms with van der Waals surface area (Å²) in [7, 11) is 0. The van der Waals surface area contributed by atoms with E-state index in [0.29, 0.717) is 5.89 Å². The first-order valence-corrected chi connectivity index (χ1v) is 9.24. The van der Waals surface area contributed by atoms with Crippen LogP contribution in [-0.2, 0) is 4.79 Å². The van der Waals surface area contributed by atoms with E-state index in [2.05, 4.69) is 20.5 Å². The van der Waals surface area contributed by atoms with Crippen LogP contribution in [-0.4, -0.2) is 26.3 Å². The highest BCUT2D eigenvalue weighted by atomic mass is 32.2. The minimum Gasteiger partial charge on any atom is -0.410 e. The van der Waals surface area contributed by atoms with E-state index in [0.717, 1.165) is 39.5 Å². The molecule has 1 amide bonds. The number of carbonyl (C=O) groups is 1. The molecule has 0 aliphatic carbocycles. The van der Waals surface area contributed by atoms with Gasteiger partial charge < -0.3 is 9.73 Å². The van der Waals surface area contributed by atoms with Gasteiger partial charge in [0.25, 0.3) is 11.1 Å². The summed E-state index contributed by atoms with van der Waals surface area (Å²) < 4.78 is 32.8. The fraction of sp³-hybridized carbons (Fsp3) is 0.250. The predicted molar refractivity (Wildman–Crippen MR) is 95.2 cm³/mol. The second-order valence-corrected chi connectivity index (χ2v) is 7.86. The zero-order valence-corrected chi connectivity index (χ0v) is 15.7. The normalized spacial score (nSPS) is 12.2. The molecule has 6 nitrogen and oxygen atoms in total. The van der Waals surface area contributed by atoms with Gasteiger partial charge in [0.05, 0.1) is 16.0 Å². The second-order valence-electron chi connectivity index (χ2n) is 5.37. The van der Waals surface area contributed by atoms with Crippen LogP contribution in [0.1, 0.15) is 17.6 Å². The molecule has 0 fully saturated rings. The van der Waals surface area contributed by atoms with Crippen molar-refractivity contribution in [2.75, 3.05) is 5.32 Å². The highest BCUT2D eigenvalue weighted by Gasteiger charge is 2.22. The number of amides is 1. The first-order chi connectivity index (χ1) is 12.3. The fourth-order valence-corrected chi connectivity index (χ4v) is 3.65. The maximum Gasteiger partial charge on any atom is 0.277 e. The lowest BCUT2D eigenvalue weighted by molar-refractivity contribution is -0.115. The van der Waals surface area contributed by atoms with Crippen molar-refractivity contribution in [1.29, 1.82) is 0 Å². The molecule has 3 aromatic rings. The molecular formula is C16H14F2N4O2S2. The topological polar surface area (TPSA) is 80.9 Å². The van der Waals surface area contributed by atoms with Crippen LogP contribution >= 0.6 is 23.1 Å². The van der Waals surface area contributed by atoms with Crippen LogP contribution in [0.2, 0.25) is 0 Å². The monoisotopic (exact) mass is 396 g/mol. The maximum atomic E-state index is 13.6. The summed E-state index contributed by atoms with van der Waals surface area (Å²) in [5, 5.41) is 10.5. The number of nitrogens with zero attached hydrogens (tertiary/aromatic N) is 3. The molecular weight excluding hydrogens is 382 g/mol. The van der Waals surface area contributed by atoms with Crippen molar-refractivity contribution in [1.82, 2.24) is 15.2 Å². The lowest BCUT2D eigenvalue weighted by Gasteiger charge is -2.11. The van der Waals surface area contributed by atoms with E-state index in [1.165, 1.54) is 17.4 Å². The lowest BCUT2D eigenvalue weighted by Crippen LogP contribution is -2.23. The number of aromatic nitrogens is 3. The zero-order valence-electron chi connectivity index (χ0n) is 14.0. The number of rotatable bonds is 5. The van der Waals surface area contributed by atoms with Gasteiger partial charge in [-0.1, -0.05) is 17.8 Å². The van der Waals surface area contributed by atoms with Crippen LogP contribution in [0.15, 0.2) is 27.8 Å². The predicted octanol–water partition coefficient (Wildman–Crippen LogP) is 4.21. The standard InChI is InChI=1S/C16H14F2N4O2S2/c1-7-13(26-9(3)19-7)15-21-22-16(24-15)25-8(2)14(23)20-12-10(17)5-4-6-11(12)18/h4-6,8H,1-3H3,(H,20,23). The molecule has 136 valence electrons. The summed E-state index contributed by atoms with van der Waals surface area (Å²) in [6.45, 7) is 5.29. The Labute approximate surface area is 156 Å². The molecule has 0 saturated heterocycles. The first-order valence-electron chi connectivity index (χ1n) is 7.54. The molecule has 1 aromatic carbocycles. The Morgan fingerprint density at radius 1 is 1.27 bits per heavy atom. The van der Waals surface area contributed by atoms with Crippen LogP contribution in [0.5, 0.6) is 0 Å². The first kappa shape index (κ1) is 18.5. The molecule has 1 N–H and O–H groups in total. The van der Waals surface area contributed by atoms with Gasteiger partial charge in [0.2, 0.25) is 5.91 Å². The molecule has 10 heteroatoms. The number of carbonyl (C=O) groups excluding carboxylic acids is 1. The van der Waals surface area contributed by atoms with E-state index < -0.39 is 28.5 Å². The molecule has 0 saturated carbocycles. The number of thiazole rings is 1. The zero-order chi connectivity index (χ0) is 18.8. The van der Waals surface area contributed by atoms with Gasteiger partial charge in [0.15, 0.2) is 0 Å². The molecule has 26 heavy (non-hydrogen) atoms. The quantitative estimate of drug-likeness (QED) is 0.651. The molecule has 0 spiro atoms. The van der Waals surface area contributed by atoms with Gasteiger partial charge in [-0.3, -0.25) is 4.79 Å². The summed E-state index contributed by atoms with van der Waals surface area (Å²) >= 11 is 2.43. The van der Waals surface area contributed by atoms with E-state index in [-0.39, 0.29) is 5.22 Å². The number of para-hydroxylation sites is 1. The van der Waals surface area contributed by atoms with E-state index in [9.17, 15) is 13.6 Å². The van der Waals surface area contributed by atoms with Crippen molar-refractivity contribution in [3.63, 3.8) is 0 Å². The molecule has 0 aliphatic heterocycles.